The Morgan fingerprint density at radius 2 is 2.05 bits per heavy atom. The Morgan fingerprint density at radius 1 is 1.42 bits per heavy atom. The van der Waals surface area contributed by atoms with Crippen LogP contribution in [0.1, 0.15) is 44.5 Å². The summed E-state index contributed by atoms with van der Waals surface area (Å²) in [5, 5.41) is 24.0. The van der Waals surface area contributed by atoms with Crippen LogP contribution in [-0.4, -0.2) is 14.7 Å². The summed E-state index contributed by atoms with van der Waals surface area (Å²) in [5.41, 5.74) is 0.861. The summed E-state index contributed by atoms with van der Waals surface area (Å²) in [4.78, 5) is 10.5. The Labute approximate surface area is 113 Å². The van der Waals surface area contributed by atoms with Gasteiger partial charge in [-0.15, -0.1) is 0 Å². The van der Waals surface area contributed by atoms with E-state index in [0.717, 1.165) is 19.3 Å². The number of nitro groups is 1. The normalized spacial score (nSPS) is 11.3. The third-order valence-electron chi connectivity index (χ3n) is 3.25. The van der Waals surface area contributed by atoms with Gasteiger partial charge in [-0.1, -0.05) is 6.42 Å². The van der Waals surface area contributed by atoms with Crippen LogP contribution in [0.5, 0.6) is 0 Å². The monoisotopic (exact) mass is 264 g/mol. The minimum Gasteiger partial charge on any atom is -0.262 e. The molecule has 1 heterocycles. The van der Waals surface area contributed by atoms with Crippen molar-refractivity contribution in [1.82, 2.24) is 9.78 Å². The van der Waals surface area contributed by atoms with Crippen LogP contribution in [0.4, 0.5) is 5.69 Å². The van der Waals surface area contributed by atoms with Gasteiger partial charge in [-0.3, -0.25) is 14.8 Å². The highest BCUT2D eigenvalue weighted by atomic mass is 16.6. The second-order valence-corrected chi connectivity index (χ2v) is 5.45. The average molecular weight is 264 g/mol. The van der Waals surface area contributed by atoms with Crippen LogP contribution >= 0.6 is 0 Å². The number of nitrogens with zero attached hydrogens (tertiary/aromatic N) is 4. The van der Waals surface area contributed by atoms with Gasteiger partial charge in [-0.25, -0.2) is 0 Å². The Morgan fingerprint density at radius 3 is 2.53 bits per heavy atom. The quantitative estimate of drug-likeness (QED) is 0.449. The summed E-state index contributed by atoms with van der Waals surface area (Å²) in [6.07, 6.45) is 2.60. The molecule has 0 N–H and O–H groups in total. The molecule has 0 unspecified atom stereocenters. The van der Waals surface area contributed by atoms with Gasteiger partial charge in [0.2, 0.25) is 0 Å². The SMILES string of the molecule is Cc1nn(CCCCC(C)(C)C#N)c(C)c1[N+](=O)[O-]. The first-order valence-electron chi connectivity index (χ1n) is 6.38. The standard InChI is InChI=1S/C13H20N4O2/c1-10-12(17(18)19)11(2)16(15-10)8-6-5-7-13(3,4)9-14/h5-8H2,1-4H3. The van der Waals surface area contributed by atoms with Gasteiger partial charge in [0.25, 0.3) is 0 Å². The van der Waals surface area contributed by atoms with Crippen molar-refractivity contribution in [2.24, 2.45) is 5.41 Å². The van der Waals surface area contributed by atoms with Gasteiger partial charge < -0.3 is 0 Å². The predicted octanol–water partition coefficient (Wildman–Crippen LogP) is 3.13. The lowest BCUT2D eigenvalue weighted by Crippen LogP contribution is -2.09. The number of aromatic nitrogens is 2. The van der Waals surface area contributed by atoms with Crippen LogP contribution in [0, 0.1) is 40.7 Å². The Balaban J connectivity index is 2.59. The van der Waals surface area contributed by atoms with E-state index in [1.54, 1.807) is 18.5 Å². The topological polar surface area (TPSA) is 84.8 Å². The van der Waals surface area contributed by atoms with Crippen molar-refractivity contribution in [2.45, 2.75) is 53.5 Å². The number of aryl methyl sites for hydroxylation is 2. The fraction of sp³-hybridized carbons (Fsp3) is 0.692. The molecule has 0 aliphatic heterocycles. The summed E-state index contributed by atoms with van der Waals surface area (Å²) in [5.74, 6) is 0. The minimum atomic E-state index is -0.382. The molecule has 104 valence electrons. The van der Waals surface area contributed by atoms with Gasteiger partial charge >= 0.3 is 5.69 Å². The number of unbranched alkanes of at least 4 members (excludes halogenated alkanes) is 1. The Kier molecular flexibility index (Phi) is 4.65. The van der Waals surface area contributed by atoms with Crippen molar-refractivity contribution in [3.8, 4) is 6.07 Å². The molecule has 0 saturated heterocycles. The van der Waals surface area contributed by atoms with E-state index in [4.69, 9.17) is 5.26 Å². The molecular formula is C13H20N4O2. The highest BCUT2D eigenvalue weighted by Crippen LogP contribution is 2.24. The highest BCUT2D eigenvalue weighted by molar-refractivity contribution is 5.39. The van der Waals surface area contributed by atoms with Crippen molar-refractivity contribution < 1.29 is 4.92 Å². The second-order valence-electron chi connectivity index (χ2n) is 5.45. The van der Waals surface area contributed by atoms with Crippen molar-refractivity contribution >= 4 is 5.69 Å². The van der Waals surface area contributed by atoms with E-state index in [1.165, 1.54) is 0 Å². The third-order valence-corrected chi connectivity index (χ3v) is 3.25. The second kappa shape index (κ2) is 5.83. The smallest absolute Gasteiger partial charge is 0.262 e. The average Bonchev–Trinajstić information content (AvgIpc) is 2.60. The minimum absolute atomic E-state index is 0.109. The van der Waals surface area contributed by atoms with Crippen LogP contribution in [0.3, 0.4) is 0 Å². The highest BCUT2D eigenvalue weighted by Gasteiger charge is 2.21. The van der Waals surface area contributed by atoms with Crippen LogP contribution < -0.4 is 0 Å². The van der Waals surface area contributed by atoms with Crippen molar-refractivity contribution in [1.29, 1.82) is 5.26 Å². The van der Waals surface area contributed by atoms with Gasteiger partial charge in [0.15, 0.2) is 0 Å². The molecule has 0 spiro atoms. The molecule has 0 bridgehead atoms. The zero-order valence-corrected chi connectivity index (χ0v) is 11.9. The number of rotatable bonds is 6. The van der Waals surface area contributed by atoms with E-state index in [2.05, 4.69) is 11.2 Å². The van der Waals surface area contributed by atoms with Gasteiger partial charge in [0, 0.05) is 6.54 Å². The first-order chi connectivity index (χ1) is 8.78. The van der Waals surface area contributed by atoms with E-state index in [-0.39, 0.29) is 16.0 Å². The maximum atomic E-state index is 10.9. The van der Waals surface area contributed by atoms with E-state index < -0.39 is 0 Å². The number of nitriles is 1. The fourth-order valence-corrected chi connectivity index (χ4v) is 2.05. The van der Waals surface area contributed by atoms with Gasteiger partial charge in [0.05, 0.1) is 16.4 Å². The van der Waals surface area contributed by atoms with Crippen LogP contribution in [0.25, 0.3) is 0 Å². The molecule has 6 nitrogen and oxygen atoms in total. The largest absolute Gasteiger partial charge is 0.312 e. The maximum Gasteiger partial charge on any atom is 0.312 e. The van der Waals surface area contributed by atoms with Crippen molar-refractivity contribution in [3.63, 3.8) is 0 Å². The molecule has 1 rings (SSSR count). The number of hydrogen-bond donors (Lipinski definition) is 0. The first-order valence-corrected chi connectivity index (χ1v) is 6.38. The zero-order valence-electron chi connectivity index (χ0n) is 11.9. The summed E-state index contributed by atoms with van der Waals surface area (Å²) in [6, 6.07) is 2.27. The summed E-state index contributed by atoms with van der Waals surface area (Å²) < 4.78 is 1.69. The van der Waals surface area contributed by atoms with Gasteiger partial charge in [-0.2, -0.15) is 10.4 Å². The molecule has 0 radical (unpaired) electrons. The van der Waals surface area contributed by atoms with E-state index in [0.29, 0.717) is 17.9 Å². The van der Waals surface area contributed by atoms with Crippen LogP contribution in [-0.2, 0) is 6.54 Å². The molecule has 1 aromatic rings. The summed E-state index contributed by atoms with van der Waals surface area (Å²) in [6.45, 7) is 7.86. The molecule has 0 amide bonds. The molecule has 0 atom stereocenters. The first kappa shape index (κ1) is 15.2. The predicted molar refractivity (Wildman–Crippen MR) is 71.6 cm³/mol. The molecule has 6 heteroatoms. The third kappa shape index (κ3) is 3.78. The fourth-order valence-electron chi connectivity index (χ4n) is 2.05. The Bertz CT molecular complexity index is 511. The summed E-state index contributed by atoms with van der Waals surface area (Å²) in [7, 11) is 0. The molecular weight excluding hydrogens is 244 g/mol. The molecule has 19 heavy (non-hydrogen) atoms. The lowest BCUT2D eigenvalue weighted by Gasteiger charge is -2.14. The molecule has 0 aliphatic carbocycles. The zero-order chi connectivity index (χ0) is 14.6. The Hall–Kier alpha value is -1.90. The molecule has 0 fully saturated rings. The van der Waals surface area contributed by atoms with Gasteiger partial charge in [0.1, 0.15) is 11.4 Å². The number of hydrogen-bond acceptors (Lipinski definition) is 4. The molecule has 0 saturated carbocycles. The van der Waals surface area contributed by atoms with Gasteiger partial charge in [-0.05, 0) is 40.5 Å². The molecule has 1 aromatic heterocycles. The van der Waals surface area contributed by atoms with Crippen molar-refractivity contribution in [3.05, 3.63) is 21.5 Å². The van der Waals surface area contributed by atoms with Crippen LogP contribution in [0.15, 0.2) is 0 Å². The summed E-state index contributed by atoms with van der Waals surface area (Å²) >= 11 is 0. The maximum absolute atomic E-state index is 10.9. The van der Waals surface area contributed by atoms with E-state index in [9.17, 15) is 10.1 Å². The lowest BCUT2D eigenvalue weighted by atomic mass is 9.89. The molecule has 0 aromatic carbocycles. The van der Waals surface area contributed by atoms with E-state index >= 15 is 0 Å². The van der Waals surface area contributed by atoms with E-state index in [1.807, 2.05) is 13.8 Å². The van der Waals surface area contributed by atoms with Crippen LogP contribution in [0.2, 0.25) is 0 Å². The lowest BCUT2D eigenvalue weighted by molar-refractivity contribution is -0.386. The molecule has 0 aliphatic rings. The van der Waals surface area contributed by atoms with Crippen molar-refractivity contribution in [2.75, 3.05) is 0 Å².